The highest BCUT2D eigenvalue weighted by atomic mass is 19.3. The second-order valence-electron chi connectivity index (χ2n) is 2.38. The third-order valence-electron chi connectivity index (χ3n) is 1.31. The molecular formula is C7H14F2O2. The lowest BCUT2D eigenvalue weighted by Gasteiger charge is -2.16. The molecule has 11 heavy (non-hydrogen) atoms. The molecule has 0 amide bonds. The topological polar surface area (TPSA) is 18.5 Å². The SMILES string of the molecule is CCC(COC(C)(F)F)OC. The highest BCUT2D eigenvalue weighted by Gasteiger charge is 2.22. The summed E-state index contributed by atoms with van der Waals surface area (Å²) in [4.78, 5) is 0. The van der Waals surface area contributed by atoms with Crippen LogP contribution in [-0.4, -0.2) is 25.9 Å². The minimum Gasteiger partial charge on any atom is -0.379 e. The first-order chi connectivity index (χ1) is 4.99. The molecule has 0 aromatic carbocycles. The Morgan fingerprint density at radius 1 is 1.45 bits per heavy atom. The Kier molecular flexibility index (Phi) is 4.52. The van der Waals surface area contributed by atoms with Gasteiger partial charge < -0.3 is 9.47 Å². The first kappa shape index (κ1) is 10.8. The summed E-state index contributed by atoms with van der Waals surface area (Å²) in [5.74, 6) is 0. The summed E-state index contributed by atoms with van der Waals surface area (Å²) in [5, 5.41) is 0. The van der Waals surface area contributed by atoms with Crippen LogP contribution in [0.25, 0.3) is 0 Å². The first-order valence-electron chi connectivity index (χ1n) is 3.54. The highest BCUT2D eigenvalue weighted by molar-refractivity contribution is 4.53. The van der Waals surface area contributed by atoms with E-state index < -0.39 is 6.11 Å². The zero-order chi connectivity index (χ0) is 8.91. The van der Waals surface area contributed by atoms with Crippen molar-refractivity contribution < 1.29 is 18.3 Å². The van der Waals surface area contributed by atoms with E-state index in [1.54, 1.807) is 0 Å². The van der Waals surface area contributed by atoms with Crippen LogP contribution in [0.1, 0.15) is 20.3 Å². The Morgan fingerprint density at radius 2 is 2.00 bits per heavy atom. The smallest absolute Gasteiger partial charge is 0.353 e. The molecule has 0 aliphatic carbocycles. The van der Waals surface area contributed by atoms with E-state index in [4.69, 9.17) is 4.74 Å². The summed E-state index contributed by atoms with van der Waals surface area (Å²) < 4.78 is 33.2. The maximum Gasteiger partial charge on any atom is 0.353 e. The summed E-state index contributed by atoms with van der Waals surface area (Å²) in [6.07, 6.45) is -2.61. The van der Waals surface area contributed by atoms with E-state index in [-0.39, 0.29) is 12.7 Å². The average Bonchev–Trinajstić information content (AvgIpc) is 1.88. The van der Waals surface area contributed by atoms with Crippen LogP contribution in [0, 0.1) is 0 Å². The van der Waals surface area contributed by atoms with Gasteiger partial charge in [-0.2, -0.15) is 8.78 Å². The summed E-state index contributed by atoms with van der Waals surface area (Å²) >= 11 is 0. The van der Waals surface area contributed by atoms with Crippen molar-refractivity contribution in [3.05, 3.63) is 0 Å². The van der Waals surface area contributed by atoms with Gasteiger partial charge in [0.1, 0.15) is 0 Å². The van der Waals surface area contributed by atoms with Gasteiger partial charge >= 0.3 is 6.11 Å². The molecule has 4 heteroatoms. The van der Waals surface area contributed by atoms with Gasteiger partial charge in [0.2, 0.25) is 0 Å². The van der Waals surface area contributed by atoms with E-state index in [0.29, 0.717) is 6.42 Å². The Labute approximate surface area is 65.5 Å². The van der Waals surface area contributed by atoms with Gasteiger partial charge in [0.15, 0.2) is 0 Å². The number of halogens is 2. The molecule has 0 aliphatic heterocycles. The standard InChI is InChI=1S/C7H14F2O2/c1-4-6(10-3)5-11-7(2,8)9/h6H,4-5H2,1-3H3. The molecule has 0 saturated heterocycles. The summed E-state index contributed by atoms with van der Waals surface area (Å²) in [6, 6.07) is 0. The van der Waals surface area contributed by atoms with Crippen molar-refractivity contribution in [1.82, 2.24) is 0 Å². The van der Waals surface area contributed by atoms with Crippen molar-refractivity contribution in [2.75, 3.05) is 13.7 Å². The number of alkyl halides is 2. The Balaban J connectivity index is 3.51. The normalized spacial score (nSPS) is 15.0. The van der Waals surface area contributed by atoms with Crippen molar-refractivity contribution in [3.63, 3.8) is 0 Å². The number of rotatable bonds is 5. The molecule has 0 saturated carbocycles. The molecule has 0 N–H and O–H groups in total. The molecule has 0 heterocycles. The quantitative estimate of drug-likeness (QED) is 0.625. The monoisotopic (exact) mass is 168 g/mol. The van der Waals surface area contributed by atoms with Gasteiger partial charge in [0.05, 0.1) is 12.7 Å². The number of hydrogen-bond donors (Lipinski definition) is 0. The zero-order valence-corrected chi connectivity index (χ0v) is 7.06. The van der Waals surface area contributed by atoms with Crippen LogP contribution in [0.4, 0.5) is 8.78 Å². The minimum atomic E-state index is -3.05. The van der Waals surface area contributed by atoms with Crippen molar-refractivity contribution >= 4 is 0 Å². The Morgan fingerprint density at radius 3 is 2.27 bits per heavy atom. The van der Waals surface area contributed by atoms with Crippen LogP contribution in [0.3, 0.4) is 0 Å². The van der Waals surface area contributed by atoms with Gasteiger partial charge in [-0.1, -0.05) is 6.92 Å². The maximum absolute atomic E-state index is 12.1. The van der Waals surface area contributed by atoms with Gasteiger partial charge in [-0.25, -0.2) is 0 Å². The summed E-state index contributed by atoms with van der Waals surface area (Å²) in [6.45, 7) is 2.51. The second-order valence-corrected chi connectivity index (χ2v) is 2.38. The van der Waals surface area contributed by atoms with E-state index in [1.807, 2.05) is 6.92 Å². The third-order valence-corrected chi connectivity index (χ3v) is 1.31. The molecule has 0 spiro atoms. The second kappa shape index (κ2) is 4.62. The van der Waals surface area contributed by atoms with Crippen molar-refractivity contribution in [1.29, 1.82) is 0 Å². The van der Waals surface area contributed by atoms with E-state index in [1.165, 1.54) is 7.11 Å². The predicted octanol–water partition coefficient (Wildman–Crippen LogP) is 2.04. The molecule has 0 radical (unpaired) electrons. The van der Waals surface area contributed by atoms with E-state index in [0.717, 1.165) is 6.92 Å². The predicted molar refractivity (Wildman–Crippen MR) is 37.7 cm³/mol. The minimum absolute atomic E-state index is 0.0590. The van der Waals surface area contributed by atoms with Crippen molar-refractivity contribution in [3.8, 4) is 0 Å². The Bertz CT molecular complexity index is 97.1. The van der Waals surface area contributed by atoms with Gasteiger partial charge in [-0.15, -0.1) is 0 Å². The summed E-state index contributed by atoms with van der Waals surface area (Å²) in [5.41, 5.74) is 0. The third kappa shape index (κ3) is 6.19. The zero-order valence-electron chi connectivity index (χ0n) is 7.06. The number of methoxy groups -OCH3 is 1. The van der Waals surface area contributed by atoms with Crippen molar-refractivity contribution in [2.24, 2.45) is 0 Å². The van der Waals surface area contributed by atoms with Crippen LogP contribution in [0.2, 0.25) is 0 Å². The number of hydrogen-bond acceptors (Lipinski definition) is 2. The van der Waals surface area contributed by atoms with E-state index >= 15 is 0 Å². The number of ether oxygens (including phenoxy) is 2. The first-order valence-corrected chi connectivity index (χ1v) is 3.54. The van der Waals surface area contributed by atoms with Gasteiger partial charge in [-0.05, 0) is 6.42 Å². The lowest BCUT2D eigenvalue weighted by atomic mass is 10.3. The fraction of sp³-hybridized carbons (Fsp3) is 1.00. The van der Waals surface area contributed by atoms with Gasteiger partial charge in [-0.3, -0.25) is 0 Å². The van der Waals surface area contributed by atoms with Crippen LogP contribution < -0.4 is 0 Å². The Hall–Kier alpha value is -0.220. The lowest BCUT2D eigenvalue weighted by molar-refractivity contribution is -0.236. The molecule has 0 aromatic heterocycles. The molecule has 1 unspecified atom stereocenters. The van der Waals surface area contributed by atoms with Crippen LogP contribution in [0.5, 0.6) is 0 Å². The molecular weight excluding hydrogens is 154 g/mol. The lowest BCUT2D eigenvalue weighted by Crippen LogP contribution is -2.24. The molecule has 0 aliphatic rings. The highest BCUT2D eigenvalue weighted by Crippen LogP contribution is 2.14. The van der Waals surface area contributed by atoms with E-state index in [2.05, 4.69) is 4.74 Å². The average molecular weight is 168 g/mol. The van der Waals surface area contributed by atoms with Gasteiger partial charge in [0.25, 0.3) is 0 Å². The molecule has 0 fully saturated rings. The molecule has 0 rings (SSSR count). The van der Waals surface area contributed by atoms with Gasteiger partial charge in [0, 0.05) is 14.0 Å². The maximum atomic E-state index is 12.1. The van der Waals surface area contributed by atoms with Crippen LogP contribution in [-0.2, 0) is 9.47 Å². The molecule has 1 atom stereocenters. The molecule has 0 aromatic rings. The fourth-order valence-corrected chi connectivity index (χ4v) is 0.592. The van der Waals surface area contributed by atoms with Crippen LogP contribution in [0.15, 0.2) is 0 Å². The molecule has 2 nitrogen and oxygen atoms in total. The van der Waals surface area contributed by atoms with Crippen LogP contribution >= 0.6 is 0 Å². The summed E-state index contributed by atoms with van der Waals surface area (Å²) in [7, 11) is 1.48. The largest absolute Gasteiger partial charge is 0.379 e. The van der Waals surface area contributed by atoms with Crippen molar-refractivity contribution in [2.45, 2.75) is 32.5 Å². The fourth-order valence-electron chi connectivity index (χ4n) is 0.592. The van der Waals surface area contributed by atoms with E-state index in [9.17, 15) is 8.78 Å². The molecule has 0 bridgehead atoms. The molecule has 68 valence electrons.